The SMILES string of the molecule is [2H]C([2H])([2H])n1ncc2c1-c1ccnc(c1)[C@@H](N1CCC(c3cc(Cl)ccc3-n3cc(C(F)(F)F)nn3)=CC1=O)CCC[C@@H](C)C(=O)N2. The van der Waals surface area contributed by atoms with Gasteiger partial charge in [0, 0.05) is 52.0 Å². The van der Waals surface area contributed by atoms with Gasteiger partial charge in [-0.3, -0.25) is 19.3 Å². The molecule has 2 aliphatic heterocycles. The molecule has 3 aromatic heterocycles. The van der Waals surface area contributed by atoms with Crippen LogP contribution in [0, 0.1) is 5.92 Å². The lowest BCUT2D eigenvalue weighted by Gasteiger charge is -2.34. The van der Waals surface area contributed by atoms with Gasteiger partial charge in [-0.05, 0) is 55.2 Å². The molecule has 0 saturated carbocycles. The van der Waals surface area contributed by atoms with Crippen LogP contribution in [-0.4, -0.2) is 53.0 Å². The predicted octanol–water partition coefficient (Wildman–Crippen LogP) is 5.85. The van der Waals surface area contributed by atoms with Crippen molar-refractivity contribution in [2.45, 2.75) is 44.8 Å². The number of anilines is 1. The Morgan fingerprint density at radius 2 is 2.00 bits per heavy atom. The summed E-state index contributed by atoms with van der Waals surface area (Å²) in [4.78, 5) is 33.1. The molecule has 14 heteroatoms. The maximum absolute atomic E-state index is 13.8. The number of alkyl halides is 3. The van der Waals surface area contributed by atoms with E-state index in [1.165, 1.54) is 30.6 Å². The fraction of sp³-hybridized carbons (Fsp3) is 0.333. The van der Waals surface area contributed by atoms with Gasteiger partial charge in [-0.25, -0.2) is 4.68 Å². The number of fused-ring (bicyclic) bond motifs is 4. The molecular formula is C30H28ClF3N8O2. The molecule has 2 aliphatic rings. The fourth-order valence-corrected chi connectivity index (χ4v) is 5.79. The highest BCUT2D eigenvalue weighted by atomic mass is 35.5. The van der Waals surface area contributed by atoms with Crippen LogP contribution in [0.25, 0.3) is 22.5 Å². The Hall–Kier alpha value is -4.52. The molecule has 6 rings (SSSR count). The van der Waals surface area contributed by atoms with Gasteiger partial charge in [-0.15, -0.1) is 5.10 Å². The van der Waals surface area contributed by atoms with Crippen LogP contribution >= 0.6 is 11.6 Å². The Balaban J connectivity index is 1.37. The van der Waals surface area contributed by atoms with E-state index >= 15 is 0 Å². The van der Waals surface area contributed by atoms with Gasteiger partial charge in [0.25, 0.3) is 0 Å². The number of carbonyl (C=O) groups is 2. The Morgan fingerprint density at radius 3 is 2.75 bits per heavy atom. The molecule has 5 heterocycles. The minimum absolute atomic E-state index is 0.191. The summed E-state index contributed by atoms with van der Waals surface area (Å²) in [7, 11) is 0. The molecule has 0 spiro atoms. The summed E-state index contributed by atoms with van der Waals surface area (Å²) in [6, 6.07) is 7.40. The van der Waals surface area contributed by atoms with E-state index in [1.807, 2.05) is 0 Å². The van der Waals surface area contributed by atoms with Gasteiger partial charge in [0.05, 0.1) is 41.2 Å². The van der Waals surface area contributed by atoms with Crippen LogP contribution in [0.4, 0.5) is 18.9 Å². The first-order valence-electron chi connectivity index (χ1n) is 15.4. The van der Waals surface area contributed by atoms with Crippen molar-refractivity contribution in [2.75, 3.05) is 11.9 Å². The summed E-state index contributed by atoms with van der Waals surface area (Å²) in [5.41, 5.74) is 1.54. The standard InChI is InChI=1S/C30H28ClF3N8O2/c1-17-4-3-5-25(22-12-19(8-10-35-22)28-23(37-29(17)44)15-36-40(28)2)41-11-9-18(13-27(41)43)21-14-20(31)6-7-24(21)42-16-26(38-39-42)30(32,33)34/h6-8,10,12-17,25H,3-5,9,11H2,1-2H3,(H,37,44)/t17-,25+/m1/s1/i2D3. The van der Waals surface area contributed by atoms with E-state index in [4.69, 9.17) is 15.7 Å². The van der Waals surface area contributed by atoms with Gasteiger partial charge in [-0.2, -0.15) is 18.3 Å². The number of nitrogens with zero attached hydrogens (tertiary/aromatic N) is 7. The van der Waals surface area contributed by atoms with Gasteiger partial charge in [-0.1, -0.05) is 30.2 Å². The topological polar surface area (TPSA) is 111 Å². The van der Waals surface area contributed by atoms with E-state index in [1.54, 1.807) is 30.0 Å². The normalized spacial score (nSPS) is 20.8. The summed E-state index contributed by atoms with van der Waals surface area (Å²) >= 11 is 6.28. The molecule has 1 N–H and O–H groups in total. The van der Waals surface area contributed by atoms with E-state index in [0.29, 0.717) is 53.1 Å². The number of nitrogens with one attached hydrogen (secondary N) is 1. The molecule has 0 aliphatic carbocycles. The maximum Gasteiger partial charge on any atom is 0.436 e. The quantitative estimate of drug-likeness (QED) is 0.305. The van der Waals surface area contributed by atoms with Crippen LogP contribution in [-0.2, 0) is 22.7 Å². The number of rotatable bonds is 3. The van der Waals surface area contributed by atoms with E-state index in [0.717, 1.165) is 15.6 Å². The van der Waals surface area contributed by atoms with Crippen molar-refractivity contribution in [3.05, 3.63) is 77.0 Å². The van der Waals surface area contributed by atoms with Gasteiger partial charge in [0.1, 0.15) is 0 Å². The van der Waals surface area contributed by atoms with Gasteiger partial charge >= 0.3 is 6.18 Å². The fourth-order valence-electron chi connectivity index (χ4n) is 5.62. The zero-order valence-electron chi connectivity index (χ0n) is 26.3. The number of amides is 2. The van der Waals surface area contributed by atoms with E-state index in [9.17, 15) is 22.8 Å². The highest BCUT2D eigenvalue weighted by Crippen LogP contribution is 2.37. The summed E-state index contributed by atoms with van der Waals surface area (Å²) in [5, 5.41) is 14.1. The lowest BCUT2D eigenvalue weighted by Crippen LogP contribution is -2.38. The summed E-state index contributed by atoms with van der Waals surface area (Å²) in [5.74, 6) is -1.05. The third-order valence-electron chi connectivity index (χ3n) is 7.90. The van der Waals surface area contributed by atoms with Crippen LogP contribution < -0.4 is 5.32 Å². The number of hydrogen-bond acceptors (Lipinski definition) is 6. The van der Waals surface area contributed by atoms with Crippen LogP contribution in [0.1, 0.15) is 59.7 Å². The minimum atomic E-state index is -4.68. The van der Waals surface area contributed by atoms with Gasteiger partial charge in [0.2, 0.25) is 11.8 Å². The molecule has 0 radical (unpaired) electrons. The van der Waals surface area contributed by atoms with E-state index in [-0.39, 0.29) is 35.4 Å². The van der Waals surface area contributed by atoms with Gasteiger partial charge in [0.15, 0.2) is 5.69 Å². The Kier molecular flexibility index (Phi) is 6.79. The van der Waals surface area contributed by atoms with E-state index < -0.39 is 30.8 Å². The molecule has 4 aromatic rings. The van der Waals surface area contributed by atoms with Crippen LogP contribution in [0.3, 0.4) is 0 Å². The zero-order chi connectivity index (χ0) is 33.7. The second-order valence-corrected chi connectivity index (χ2v) is 11.2. The Morgan fingerprint density at radius 1 is 1.16 bits per heavy atom. The minimum Gasteiger partial charge on any atom is -0.330 e. The molecule has 2 atom stereocenters. The van der Waals surface area contributed by atoms with Gasteiger partial charge < -0.3 is 10.2 Å². The van der Waals surface area contributed by atoms with Crippen molar-refractivity contribution in [1.82, 2.24) is 34.7 Å². The van der Waals surface area contributed by atoms with Crippen LogP contribution in [0.2, 0.25) is 5.02 Å². The lowest BCUT2D eigenvalue weighted by atomic mass is 9.93. The molecule has 2 amide bonds. The highest BCUT2D eigenvalue weighted by Gasteiger charge is 2.35. The van der Waals surface area contributed by atoms with Crippen molar-refractivity contribution in [2.24, 2.45) is 12.9 Å². The maximum atomic E-state index is 13.8. The second kappa shape index (κ2) is 11.5. The molecule has 2 bridgehead atoms. The second-order valence-electron chi connectivity index (χ2n) is 10.8. The highest BCUT2D eigenvalue weighted by molar-refractivity contribution is 6.30. The van der Waals surface area contributed by atoms with Crippen molar-refractivity contribution >= 4 is 34.7 Å². The first-order chi connectivity index (χ1) is 22.2. The number of aryl methyl sites for hydroxylation is 1. The number of pyridine rings is 1. The molecule has 0 fully saturated rings. The van der Waals surface area contributed by atoms with Crippen molar-refractivity contribution in [3.63, 3.8) is 0 Å². The summed E-state index contributed by atoms with van der Waals surface area (Å²) in [6.45, 7) is -0.613. The average molecular weight is 628 g/mol. The number of aromatic nitrogens is 6. The van der Waals surface area contributed by atoms with Crippen molar-refractivity contribution in [3.8, 4) is 16.9 Å². The predicted molar refractivity (Wildman–Crippen MR) is 157 cm³/mol. The molecule has 10 nitrogen and oxygen atoms in total. The summed E-state index contributed by atoms with van der Waals surface area (Å²) < 4.78 is 65.6. The largest absolute Gasteiger partial charge is 0.436 e. The molecule has 228 valence electrons. The summed E-state index contributed by atoms with van der Waals surface area (Å²) in [6.07, 6.45) is 2.24. The number of benzene rings is 1. The number of carbonyl (C=O) groups excluding carboxylic acids is 2. The zero-order valence-corrected chi connectivity index (χ0v) is 24.1. The Bertz CT molecular complexity index is 1890. The third-order valence-corrected chi connectivity index (χ3v) is 8.13. The molecule has 44 heavy (non-hydrogen) atoms. The number of halogens is 4. The molecule has 0 saturated heterocycles. The average Bonchev–Trinajstić information content (AvgIpc) is 3.67. The number of hydrogen-bond donors (Lipinski definition) is 1. The van der Waals surface area contributed by atoms with Crippen LogP contribution in [0.15, 0.2) is 55.0 Å². The third kappa shape index (κ3) is 5.71. The first-order valence-corrected chi connectivity index (χ1v) is 14.2. The molecular weight excluding hydrogens is 597 g/mol. The Labute approximate surface area is 259 Å². The lowest BCUT2D eigenvalue weighted by molar-refractivity contribution is -0.141. The van der Waals surface area contributed by atoms with Crippen molar-refractivity contribution < 1.29 is 26.9 Å². The molecule has 0 unspecified atom stereocenters. The monoisotopic (exact) mass is 627 g/mol. The van der Waals surface area contributed by atoms with E-state index in [2.05, 4.69) is 25.7 Å². The smallest absolute Gasteiger partial charge is 0.330 e. The first kappa shape index (κ1) is 25.9. The van der Waals surface area contributed by atoms with Crippen LogP contribution in [0.5, 0.6) is 0 Å². The molecule has 1 aromatic carbocycles. The van der Waals surface area contributed by atoms with Crippen molar-refractivity contribution in [1.29, 1.82) is 0 Å².